The first-order valence-electron chi connectivity index (χ1n) is 17.2. The summed E-state index contributed by atoms with van der Waals surface area (Å²) >= 11 is 0. The highest BCUT2D eigenvalue weighted by Gasteiger charge is 2.61. The molecule has 0 N–H and O–H groups in total. The standard InChI is InChI=1S/C34H77PSi7/c1-23-24-25-35-31-29(32(36(2,3)4)37(5,6)7)26-28(27-30(31)33(38(8,9)10)39(11,12)13)34(40(14,15)16,41(17,18)19)42(20,21)22/h26-27,32-33,35H,23-25H2,1-22H3. The lowest BCUT2D eigenvalue weighted by atomic mass is 10.1. The lowest BCUT2D eigenvalue weighted by Crippen LogP contribution is -2.74. The van der Waals surface area contributed by atoms with Crippen molar-refractivity contribution in [3.8, 4) is 0 Å². The summed E-state index contributed by atoms with van der Waals surface area (Å²) in [6.45, 7) is 59.6. The van der Waals surface area contributed by atoms with Crippen LogP contribution in [0.5, 0.6) is 0 Å². The zero-order valence-corrected chi connectivity index (χ0v) is 40.9. The van der Waals surface area contributed by atoms with Gasteiger partial charge in [-0.1, -0.05) is 172 Å². The van der Waals surface area contributed by atoms with Crippen LogP contribution < -0.4 is 5.30 Å². The number of hydrogen-bond acceptors (Lipinski definition) is 0. The molecule has 1 unspecified atom stereocenters. The van der Waals surface area contributed by atoms with Gasteiger partial charge >= 0.3 is 0 Å². The van der Waals surface area contributed by atoms with Crippen molar-refractivity contribution in [2.24, 2.45) is 0 Å². The van der Waals surface area contributed by atoms with Crippen LogP contribution >= 0.6 is 8.58 Å². The van der Waals surface area contributed by atoms with E-state index in [9.17, 15) is 0 Å². The summed E-state index contributed by atoms with van der Waals surface area (Å²) in [6, 6.07) is 5.94. The fourth-order valence-corrected chi connectivity index (χ4v) is 68.7. The van der Waals surface area contributed by atoms with Gasteiger partial charge in [0, 0.05) is 56.5 Å². The molecule has 1 aromatic carbocycles. The van der Waals surface area contributed by atoms with Gasteiger partial charge in [0.2, 0.25) is 0 Å². The molecule has 42 heavy (non-hydrogen) atoms. The van der Waals surface area contributed by atoms with Gasteiger partial charge in [-0.25, -0.2) is 0 Å². The lowest BCUT2D eigenvalue weighted by Gasteiger charge is -2.60. The number of benzene rings is 1. The molecule has 0 bridgehead atoms. The van der Waals surface area contributed by atoms with Gasteiger partial charge in [-0.2, -0.15) is 0 Å². The minimum absolute atomic E-state index is 0.425. The fraction of sp³-hybridized carbons (Fsp3) is 0.824. The van der Waals surface area contributed by atoms with Crippen molar-refractivity contribution < 1.29 is 0 Å². The Balaban J connectivity index is 4.83. The van der Waals surface area contributed by atoms with Crippen LogP contribution in [0.3, 0.4) is 0 Å². The van der Waals surface area contributed by atoms with Gasteiger partial charge in [0.05, 0.1) is 0 Å². The van der Waals surface area contributed by atoms with E-state index in [1.54, 1.807) is 0 Å². The molecule has 0 saturated heterocycles. The van der Waals surface area contributed by atoms with Crippen molar-refractivity contribution in [1.82, 2.24) is 0 Å². The number of hydrogen-bond donors (Lipinski definition) is 0. The molecular weight excluding hydrogens is 636 g/mol. The highest BCUT2D eigenvalue weighted by molar-refractivity contribution is 7.47. The first-order valence-corrected chi connectivity index (χ1v) is 43.2. The van der Waals surface area contributed by atoms with E-state index < -0.39 is 56.5 Å². The molecule has 0 amide bonds. The summed E-state index contributed by atoms with van der Waals surface area (Å²) in [4.78, 5) is 0. The summed E-state index contributed by atoms with van der Waals surface area (Å²) in [7, 11) is -9.85. The SMILES string of the molecule is CCCCPc1c(C([Si](C)(C)C)[Si](C)(C)C)cc(C([Si](C)(C)C)([Si](C)(C)C)[Si](C)(C)C)cc1C([Si](C)(C)C)[Si](C)(C)C. The molecule has 0 nitrogen and oxygen atoms in total. The molecule has 0 saturated carbocycles. The van der Waals surface area contributed by atoms with E-state index in [0.29, 0.717) is 4.28 Å². The van der Waals surface area contributed by atoms with E-state index in [4.69, 9.17) is 0 Å². The van der Waals surface area contributed by atoms with Crippen LogP contribution in [0.2, 0.25) is 137 Å². The van der Waals surface area contributed by atoms with Gasteiger partial charge in [0.25, 0.3) is 0 Å². The lowest BCUT2D eigenvalue weighted by molar-refractivity contribution is 0.895. The maximum atomic E-state index is 2.97. The van der Waals surface area contributed by atoms with E-state index in [1.165, 1.54) is 19.0 Å². The second-order valence-electron chi connectivity index (χ2n) is 21.1. The third kappa shape index (κ3) is 8.74. The molecule has 0 aliphatic carbocycles. The number of unbranched alkanes of at least 4 members (excludes halogenated alkanes) is 1. The monoisotopic (exact) mass is 712 g/mol. The van der Waals surface area contributed by atoms with Crippen LogP contribution in [0, 0.1) is 0 Å². The van der Waals surface area contributed by atoms with E-state index in [0.717, 1.165) is 18.9 Å². The predicted molar refractivity (Wildman–Crippen MR) is 225 cm³/mol. The molecule has 0 aliphatic rings. The summed E-state index contributed by atoms with van der Waals surface area (Å²) in [5.74, 6) is 0. The van der Waals surface area contributed by atoms with Crippen LogP contribution in [0.25, 0.3) is 0 Å². The van der Waals surface area contributed by atoms with E-state index in [-0.39, 0.29) is 0 Å². The van der Waals surface area contributed by atoms with Crippen LogP contribution in [0.15, 0.2) is 12.1 Å². The van der Waals surface area contributed by atoms with Gasteiger partial charge in [-0.3, -0.25) is 0 Å². The molecule has 0 spiro atoms. The van der Waals surface area contributed by atoms with Gasteiger partial charge in [-0.05, 0) is 49.2 Å². The first-order chi connectivity index (χ1) is 18.3. The van der Waals surface area contributed by atoms with Crippen LogP contribution in [0.4, 0.5) is 0 Å². The van der Waals surface area contributed by atoms with Gasteiger partial charge in [0.1, 0.15) is 0 Å². The first kappa shape index (κ1) is 41.2. The number of rotatable bonds is 14. The average molecular weight is 714 g/mol. The molecule has 0 fully saturated rings. The van der Waals surface area contributed by atoms with Crippen molar-refractivity contribution >= 4 is 70.4 Å². The van der Waals surface area contributed by atoms with Crippen molar-refractivity contribution in [1.29, 1.82) is 0 Å². The maximum Gasteiger partial charge on any atom is 0.0499 e. The normalized spacial score (nSPS) is 15.5. The molecule has 8 heteroatoms. The van der Waals surface area contributed by atoms with Crippen molar-refractivity contribution in [2.75, 3.05) is 6.16 Å². The Morgan fingerprint density at radius 2 is 0.810 bits per heavy atom. The maximum absolute atomic E-state index is 2.97. The molecule has 0 radical (unpaired) electrons. The van der Waals surface area contributed by atoms with Gasteiger partial charge < -0.3 is 0 Å². The third-order valence-electron chi connectivity index (χ3n) is 9.93. The Morgan fingerprint density at radius 3 is 1.02 bits per heavy atom. The zero-order chi connectivity index (χ0) is 33.7. The molecule has 246 valence electrons. The Kier molecular flexibility index (Phi) is 13.1. The molecule has 0 aliphatic heterocycles. The minimum Gasteiger partial charge on any atom is -0.0898 e. The van der Waals surface area contributed by atoms with Crippen molar-refractivity contribution in [3.05, 3.63) is 28.8 Å². The molecule has 0 heterocycles. The average Bonchev–Trinajstić information content (AvgIpc) is 2.62. The Morgan fingerprint density at radius 1 is 0.524 bits per heavy atom. The van der Waals surface area contributed by atoms with Crippen LogP contribution in [-0.2, 0) is 4.28 Å². The molecule has 1 aromatic rings. The smallest absolute Gasteiger partial charge is 0.0499 e. The van der Waals surface area contributed by atoms with Crippen LogP contribution in [-0.4, -0.2) is 62.7 Å². The van der Waals surface area contributed by atoms with Crippen molar-refractivity contribution in [3.63, 3.8) is 0 Å². The molecule has 1 atom stereocenters. The zero-order valence-electron chi connectivity index (χ0n) is 32.9. The largest absolute Gasteiger partial charge is 0.0898 e. The third-order valence-corrected chi connectivity index (χ3v) is 51.1. The van der Waals surface area contributed by atoms with E-state index >= 15 is 0 Å². The van der Waals surface area contributed by atoms with Gasteiger partial charge in [0.15, 0.2) is 0 Å². The van der Waals surface area contributed by atoms with E-state index in [1.807, 2.05) is 22.0 Å². The Labute approximate surface area is 275 Å². The van der Waals surface area contributed by atoms with E-state index in [2.05, 4.69) is 157 Å². The summed E-state index contributed by atoms with van der Waals surface area (Å²) < 4.78 is 0.425. The highest BCUT2D eigenvalue weighted by atomic mass is 31.1. The Bertz CT molecular complexity index is 930. The summed E-state index contributed by atoms with van der Waals surface area (Å²) in [5, 5.41) is 3.49. The second-order valence-corrected chi connectivity index (χ2v) is 62.1. The summed E-state index contributed by atoms with van der Waals surface area (Å²) in [6.07, 6.45) is 4.07. The van der Waals surface area contributed by atoms with Gasteiger partial charge in [-0.15, -0.1) is 0 Å². The second kappa shape index (κ2) is 13.3. The Hall–Kier alpha value is 1.17. The molecule has 0 aromatic heterocycles. The van der Waals surface area contributed by atoms with Crippen LogP contribution in [0.1, 0.15) is 46.8 Å². The predicted octanol–water partition coefficient (Wildman–Crippen LogP) is 12.3. The fourth-order valence-electron chi connectivity index (χ4n) is 11.1. The minimum atomic E-state index is -1.63. The summed E-state index contributed by atoms with van der Waals surface area (Å²) in [5.41, 5.74) is 5.61. The quantitative estimate of drug-likeness (QED) is 0.102. The molecule has 1 rings (SSSR count). The van der Waals surface area contributed by atoms with Crippen molar-refractivity contribution in [2.45, 2.75) is 172 Å². The highest BCUT2D eigenvalue weighted by Crippen LogP contribution is 2.52. The topological polar surface area (TPSA) is 0 Å². The molecular formula is C34H77PSi7.